The van der Waals surface area contributed by atoms with Crippen LogP contribution in [0.3, 0.4) is 0 Å². The Morgan fingerprint density at radius 1 is 1.30 bits per heavy atom. The highest BCUT2D eigenvalue weighted by Crippen LogP contribution is 2.16. The minimum atomic E-state index is -0.966. The van der Waals surface area contributed by atoms with Crippen LogP contribution in [0.25, 0.3) is 0 Å². The minimum Gasteiger partial charge on any atom is -0.449 e. The summed E-state index contributed by atoms with van der Waals surface area (Å²) < 4.78 is 11.8. The van der Waals surface area contributed by atoms with Gasteiger partial charge >= 0.3 is 5.97 Å². The van der Waals surface area contributed by atoms with Crippen molar-refractivity contribution in [3.05, 3.63) is 29.3 Å². The van der Waals surface area contributed by atoms with Gasteiger partial charge in [0.2, 0.25) is 0 Å². The van der Waals surface area contributed by atoms with Gasteiger partial charge in [-0.1, -0.05) is 5.16 Å². The van der Waals surface area contributed by atoms with Crippen molar-refractivity contribution in [1.82, 2.24) is 14.9 Å². The highest BCUT2D eigenvalue weighted by molar-refractivity contribution is 5.97. The first-order valence-corrected chi connectivity index (χ1v) is 7.29. The highest BCUT2D eigenvalue weighted by atomic mass is 16.5. The van der Waals surface area contributed by atoms with E-state index in [1.54, 1.807) is 30.8 Å². The smallest absolute Gasteiger partial charge is 0.344 e. The number of rotatable bonds is 5. The van der Waals surface area contributed by atoms with Crippen molar-refractivity contribution in [2.75, 3.05) is 5.32 Å². The molecule has 0 saturated heterocycles. The Labute approximate surface area is 133 Å². The Kier molecular flexibility index (Phi) is 4.83. The Morgan fingerprint density at radius 3 is 2.57 bits per heavy atom. The lowest BCUT2D eigenvalue weighted by atomic mass is 10.2. The van der Waals surface area contributed by atoms with E-state index in [0.717, 1.165) is 0 Å². The van der Waals surface area contributed by atoms with E-state index < -0.39 is 18.0 Å². The van der Waals surface area contributed by atoms with Crippen molar-refractivity contribution in [1.29, 1.82) is 0 Å². The summed E-state index contributed by atoms with van der Waals surface area (Å²) in [5.41, 5.74) is 0.676. The second kappa shape index (κ2) is 6.64. The van der Waals surface area contributed by atoms with E-state index in [2.05, 4.69) is 15.6 Å². The molecule has 23 heavy (non-hydrogen) atoms. The molecule has 124 valence electrons. The van der Waals surface area contributed by atoms with Crippen molar-refractivity contribution >= 4 is 17.7 Å². The van der Waals surface area contributed by atoms with Crippen molar-refractivity contribution in [2.45, 2.75) is 46.8 Å². The van der Waals surface area contributed by atoms with Crippen LogP contribution in [0, 0.1) is 13.8 Å². The Morgan fingerprint density at radius 2 is 2.00 bits per heavy atom. The molecule has 1 N–H and O–H groups in total. The first kappa shape index (κ1) is 16.7. The fourth-order valence-corrected chi connectivity index (χ4v) is 2.10. The average molecular weight is 320 g/mol. The molecule has 0 fully saturated rings. The average Bonchev–Trinajstić information content (AvgIpc) is 3.05. The largest absolute Gasteiger partial charge is 0.449 e. The maximum absolute atomic E-state index is 12.2. The number of nitrogens with one attached hydrogen (secondary N) is 1. The number of aromatic nitrogens is 3. The third kappa shape index (κ3) is 3.58. The van der Waals surface area contributed by atoms with Gasteiger partial charge in [-0.25, -0.2) is 9.48 Å². The van der Waals surface area contributed by atoms with Gasteiger partial charge in [0.25, 0.3) is 5.91 Å². The summed E-state index contributed by atoms with van der Waals surface area (Å²) in [4.78, 5) is 24.3. The van der Waals surface area contributed by atoms with E-state index in [-0.39, 0.29) is 11.6 Å². The molecule has 0 spiro atoms. The Hall–Kier alpha value is -2.64. The van der Waals surface area contributed by atoms with Gasteiger partial charge in [-0.05, 0) is 34.6 Å². The van der Waals surface area contributed by atoms with Crippen LogP contribution in [0.5, 0.6) is 0 Å². The third-order valence-electron chi connectivity index (χ3n) is 3.30. The van der Waals surface area contributed by atoms with Gasteiger partial charge in [-0.15, -0.1) is 0 Å². The lowest BCUT2D eigenvalue weighted by Gasteiger charge is -2.15. The summed E-state index contributed by atoms with van der Waals surface area (Å²) in [6, 6.07) is 1.78. The van der Waals surface area contributed by atoms with Crippen molar-refractivity contribution in [3.8, 4) is 0 Å². The quantitative estimate of drug-likeness (QED) is 0.848. The van der Waals surface area contributed by atoms with Crippen LogP contribution < -0.4 is 5.32 Å². The van der Waals surface area contributed by atoms with Gasteiger partial charge in [0, 0.05) is 12.1 Å². The maximum Gasteiger partial charge on any atom is 0.344 e. The van der Waals surface area contributed by atoms with Crippen LogP contribution in [0.15, 0.2) is 16.8 Å². The van der Waals surface area contributed by atoms with Gasteiger partial charge in [0.1, 0.15) is 17.1 Å². The van der Waals surface area contributed by atoms with Crippen LogP contribution >= 0.6 is 0 Å². The molecule has 2 rings (SSSR count). The summed E-state index contributed by atoms with van der Waals surface area (Å²) in [6.45, 7) is 8.65. The van der Waals surface area contributed by atoms with Gasteiger partial charge in [0.05, 0.1) is 11.9 Å². The predicted molar refractivity (Wildman–Crippen MR) is 82.1 cm³/mol. The number of carbonyl (C=O) groups is 2. The molecule has 0 aliphatic carbocycles. The highest BCUT2D eigenvalue weighted by Gasteiger charge is 2.24. The topological polar surface area (TPSA) is 99.2 Å². The molecule has 8 nitrogen and oxygen atoms in total. The molecule has 0 radical (unpaired) electrons. The fraction of sp³-hybridized carbons (Fsp3) is 0.467. The first-order valence-electron chi connectivity index (χ1n) is 7.29. The number of hydrogen-bond acceptors (Lipinski definition) is 6. The third-order valence-corrected chi connectivity index (χ3v) is 3.30. The van der Waals surface area contributed by atoms with Crippen LogP contribution in [-0.4, -0.2) is 32.9 Å². The van der Waals surface area contributed by atoms with Crippen LogP contribution in [0.4, 0.5) is 5.82 Å². The summed E-state index contributed by atoms with van der Waals surface area (Å²) in [5, 5.41) is 10.5. The molecule has 0 bridgehead atoms. The van der Waals surface area contributed by atoms with Gasteiger partial charge in [-0.2, -0.15) is 5.10 Å². The van der Waals surface area contributed by atoms with Crippen LogP contribution in [-0.2, 0) is 9.53 Å². The lowest BCUT2D eigenvalue weighted by Crippen LogP contribution is -2.31. The summed E-state index contributed by atoms with van der Waals surface area (Å²) in [7, 11) is 0. The number of aryl methyl sites for hydroxylation is 2. The number of esters is 1. The van der Waals surface area contributed by atoms with E-state index in [0.29, 0.717) is 17.3 Å². The molecule has 2 heterocycles. The molecule has 1 amide bonds. The van der Waals surface area contributed by atoms with E-state index >= 15 is 0 Å². The fourth-order valence-electron chi connectivity index (χ4n) is 2.10. The summed E-state index contributed by atoms with van der Waals surface area (Å²) in [6.07, 6.45) is 0.627. The van der Waals surface area contributed by atoms with Gasteiger partial charge < -0.3 is 14.6 Å². The predicted octanol–water partition coefficient (Wildman–Crippen LogP) is 2.25. The number of nitrogens with zero attached hydrogens (tertiary/aromatic N) is 3. The Bertz CT molecular complexity index is 697. The summed E-state index contributed by atoms with van der Waals surface area (Å²) >= 11 is 0. The Balaban J connectivity index is 2.03. The number of carbonyl (C=O) groups excluding carboxylic acids is 2. The monoisotopic (exact) mass is 320 g/mol. The zero-order valence-electron chi connectivity index (χ0n) is 13.8. The molecule has 2 aromatic rings. The lowest BCUT2D eigenvalue weighted by molar-refractivity contribution is -0.123. The molecular formula is C15H20N4O4. The zero-order valence-corrected chi connectivity index (χ0v) is 13.8. The second-order valence-corrected chi connectivity index (χ2v) is 5.49. The van der Waals surface area contributed by atoms with Crippen molar-refractivity contribution in [2.24, 2.45) is 0 Å². The number of anilines is 1. The van der Waals surface area contributed by atoms with Crippen LogP contribution in [0.2, 0.25) is 0 Å². The molecular weight excluding hydrogens is 300 g/mol. The van der Waals surface area contributed by atoms with Gasteiger partial charge in [-0.3, -0.25) is 4.79 Å². The molecule has 2 aromatic heterocycles. The zero-order chi connectivity index (χ0) is 17.1. The molecule has 0 saturated carbocycles. The minimum absolute atomic E-state index is 0.0976. The van der Waals surface area contributed by atoms with Crippen LogP contribution in [0.1, 0.15) is 48.6 Å². The molecule has 1 atom stereocenters. The van der Waals surface area contributed by atoms with Crippen molar-refractivity contribution < 1.29 is 18.8 Å². The molecule has 0 aliphatic rings. The molecule has 0 aliphatic heterocycles. The summed E-state index contributed by atoms with van der Waals surface area (Å²) in [5.74, 6) is -0.169. The first-order chi connectivity index (χ1) is 10.8. The van der Waals surface area contributed by atoms with Gasteiger partial charge in [0.15, 0.2) is 6.10 Å². The molecule has 0 unspecified atom stereocenters. The molecule has 8 heteroatoms. The number of hydrogen-bond donors (Lipinski definition) is 1. The normalized spacial score (nSPS) is 12.3. The van der Waals surface area contributed by atoms with Crippen molar-refractivity contribution in [3.63, 3.8) is 0 Å². The number of amides is 1. The van der Waals surface area contributed by atoms with E-state index in [9.17, 15) is 9.59 Å². The van der Waals surface area contributed by atoms with E-state index in [1.807, 2.05) is 13.8 Å². The standard InChI is InChI=1S/C15H20N4O4/c1-8(2)19-12(6-7-16-19)17-14(20)11(5)22-15(21)13-9(3)18-23-10(13)4/h6-8,11H,1-5H3,(H,17,20)/t11-/m0/s1. The van der Waals surface area contributed by atoms with E-state index in [1.165, 1.54) is 6.92 Å². The number of ether oxygens (including phenoxy) is 1. The maximum atomic E-state index is 12.2. The van der Waals surface area contributed by atoms with E-state index in [4.69, 9.17) is 9.26 Å². The SMILES string of the molecule is Cc1noc(C)c1C(=O)O[C@@H](C)C(=O)Nc1ccnn1C(C)C. The second-order valence-electron chi connectivity index (χ2n) is 5.49. The molecule has 0 aromatic carbocycles.